The van der Waals surface area contributed by atoms with E-state index in [-0.39, 0.29) is 12.7 Å². The molecule has 0 atom stereocenters. The van der Waals surface area contributed by atoms with Crippen molar-refractivity contribution in [3.8, 4) is 16.5 Å². The molecule has 4 nitrogen and oxygen atoms in total. The summed E-state index contributed by atoms with van der Waals surface area (Å²) in [5.74, 6) is 0.615. The molecule has 0 amide bonds. The van der Waals surface area contributed by atoms with Crippen molar-refractivity contribution >= 4 is 22.9 Å². The number of aromatic nitrogens is 2. The first-order chi connectivity index (χ1) is 10.7. The third-order valence-corrected chi connectivity index (χ3v) is 5.24. The van der Waals surface area contributed by atoms with E-state index in [2.05, 4.69) is 9.97 Å². The second-order valence-electron chi connectivity index (χ2n) is 5.59. The van der Waals surface area contributed by atoms with Crippen molar-refractivity contribution in [3.05, 3.63) is 27.9 Å². The van der Waals surface area contributed by atoms with E-state index in [9.17, 15) is 5.11 Å². The fourth-order valence-electron chi connectivity index (χ4n) is 2.77. The molecular weight excluding hydrogens is 320 g/mol. The van der Waals surface area contributed by atoms with Crippen LogP contribution in [0, 0.1) is 6.92 Å². The van der Waals surface area contributed by atoms with Crippen LogP contribution in [0.3, 0.4) is 0 Å². The summed E-state index contributed by atoms with van der Waals surface area (Å²) < 4.78 is 6.63. The lowest BCUT2D eigenvalue weighted by Gasteiger charge is -2.22. The van der Waals surface area contributed by atoms with Crippen molar-refractivity contribution in [3.63, 3.8) is 0 Å². The van der Waals surface area contributed by atoms with E-state index in [1.54, 1.807) is 12.3 Å². The lowest BCUT2D eigenvalue weighted by atomic mass is 9.98. The van der Waals surface area contributed by atoms with Gasteiger partial charge in [0.15, 0.2) is 0 Å². The smallest absolute Gasteiger partial charge is 0.235 e. The average Bonchev–Trinajstić information content (AvgIpc) is 2.91. The molecule has 0 radical (unpaired) electrons. The molecule has 2 aromatic rings. The van der Waals surface area contributed by atoms with Gasteiger partial charge in [0.2, 0.25) is 5.88 Å². The van der Waals surface area contributed by atoms with Gasteiger partial charge in [-0.15, -0.1) is 11.3 Å². The predicted octanol–water partition coefficient (Wildman–Crippen LogP) is 4.37. The van der Waals surface area contributed by atoms with Gasteiger partial charge >= 0.3 is 0 Å². The summed E-state index contributed by atoms with van der Waals surface area (Å²) in [6, 6.07) is 1.77. The van der Waals surface area contributed by atoms with Crippen LogP contribution >= 0.6 is 22.9 Å². The van der Waals surface area contributed by atoms with Crippen molar-refractivity contribution in [2.75, 3.05) is 0 Å². The molecule has 0 bridgehead atoms. The molecule has 1 saturated carbocycles. The molecule has 0 unspecified atom stereocenters. The van der Waals surface area contributed by atoms with Gasteiger partial charge in [-0.05, 0) is 44.2 Å². The highest BCUT2D eigenvalue weighted by Gasteiger charge is 2.18. The van der Waals surface area contributed by atoms with E-state index in [4.69, 9.17) is 16.3 Å². The second-order valence-corrected chi connectivity index (χ2v) is 7.27. The van der Waals surface area contributed by atoms with Gasteiger partial charge in [0.25, 0.3) is 0 Å². The number of aryl methyl sites for hydroxylation is 1. The van der Waals surface area contributed by atoms with Crippen molar-refractivity contribution in [1.82, 2.24) is 9.97 Å². The van der Waals surface area contributed by atoms with Crippen molar-refractivity contribution < 1.29 is 9.84 Å². The maximum absolute atomic E-state index is 9.41. The first kappa shape index (κ1) is 15.7. The maximum atomic E-state index is 9.41. The molecule has 1 aliphatic rings. The van der Waals surface area contributed by atoms with Gasteiger partial charge in [0, 0.05) is 0 Å². The lowest BCUT2D eigenvalue weighted by molar-refractivity contribution is 0.147. The first-order valence-electron chi connectivity index (χ1n) is 7.57. The number of halogens is 1. The molecule has 0 spiro atoms. The topological polar surface area (TPSA) is 55.2 Å². The Hall–Kier alpha value is -1.17. The van der Waals surface area contributed by atoms with Gasteiger partial charge < -0.3 is 9.84 Å². The van der Waals surface area contributed by atoms with E-state index in [1.807, 2.05) is 6.92 Å². The minimum atomic E-state index is -0.0559. The number of hydrogen-bond donors (Lipinski definition) is 1. The van der Waals surface area contributed by atoms with Gasteiger partial charge in [0.1, 0.15) is 11.8 Å². The molecule has 0 saturated heterocycles. The Balaban J connectivity index is 1.82. The summed E-state index contributed by atoms with van der Waals surface area (Å²) in [6.45, 7) is 1.85. The zero-order valence-electron chi connectivity index (χ0n) is 12.5. The maximum Gasteiger partial charge on any atom is 0.235 e. The molecular formula is C16H19ClN2O2S. The molecule has 1 fully saturated rings. The largest absolute Gasteiger partial charge is 0.473 e. The summed E-state index contributed by atoms with van der Waals surface area (Å²) >= 11 is 7.43. The third-order valence-electron chi connectivity index (χ3n) is 3.91. The van der Waals surface area contributed by atoms with Gasteiger partial charge in [0.05, 0.1) is 27.7 Å². The Morgan fingerprint density at radius 3 is 2.82 bits per heavy atom. The van der Waals surface area contributed by atoms with E-state index < -0.39 is 0 Å². The molecule has 0 aromatic carbocycles. The zero-order chi connectivity index (χ0) is 15.5. The van der Waals surface area contributed by atoms with E-state index in [0.717, 1.165) is 34.7 Å². The molecule has 2 aromatic heterocycles. The minimum Gasteiger partial charge on any atom is -0.473 e. The highest BCUT2D eigenvalue weighted by Crippen LogP contribution is 2.35. The van der Waals surface area contributed by atoms with Crippen LogP contribution in [0.4, 0.5) is 0 Å². The van der Waals surface area contributed by atoms with Crippen molar-refractivity contribution in [2.45, 2.75) is 51.7 Å². The molecule has 2 heterocycles. The van der Waals surface area contributed by atoms with Crippen molar-refractivity contribution in [1.29, 1.82) is 0 Å². The highest BCUT2D eigenvalue weighted by molar-refractivity contribution is 7.19. The Bertz CT molecular complexity index is 654. The van der Waals surface area contributed by atoms with Gasteiger partial charge in [-0.2, -0.15) is 0 Å². The molecule has 22 heavy (non-hydrogen) atoms. The SMILES string of the molecule is Cc1nc(-c2sc(Cl)cc2CO)cnc1OC1CCCCC1. The van der Waals surface area contributed by atoms with Crippen LogP contribution in [-0.4, -0.2) is 21.2 Å². The highest BCUT2D eigenvalue weighted by atomic mass is 35.5. The number of rotatable bonds is 4. The van der Waals surface area contributed by atoms with Crippen LogP contribution in [0.15, 0.2) is 12.3 Å². The zero-order valence-corrected chi connectivity index (χ0v) is 14.1. The monoisotopic (exact) mass is 338 g/mol. The van der Waals surface area contributed by atoms with Crippen LogP contribution in [0.25, 0.3) is 10.6 Å². The number of nitrogens with zero attached hydrogens (tertiary/aromatic N) is 2. The normalized spacial score (nSPS) is 16.0. The first-order valence-corrected chi connectivity index (χ1v) is 8.76. The van der Waals surface area contributed by atoms with Crippen molar-refractivity contribution in [2.24, 2.45) is 0 Å². The Labute approximate surface area is 139 Å². The van der Waals surface area contributed by atoms with Crippen LogP contribution in [0.5, 0.6) is 5.88 Å². The predicted molar refractivity (Wildman–Crippen MR) is 88.5 cm³/mol. The molecule has 3 rings (SSSR count). The molecule has 1 aliphatic carbocycles. The summed E-state index contributed by atoms with van der Waals surface area (Å²) in [4.78, 5) is 9.88. The molecule has 6 heteroatoms. The van der Waals surface area contributed by atoms with E-state index in [1.165, 1.54) is 30.6 Å². The number of aliphatic hydroxyl groups excluding tert-OH is 1. The average molecular weight is 339 g/mol. The number of aliphatic hydroxyl groups is 1. The lowest BCUT2D eigenvalue weighted by Crippen LogP contribution is -2.20. The molecule has 1 N–H and O–H groups in total. The minimum absolute atomic E-state index is 0.0559. The second kappa shape index (κ2) is 6.94. The van der Waals surface area contributed by atoms with Crippen LogP contribution in [-0.2, 0) is 6.61 Å². The quantitative estimate of drug-likeness (QED) is 0.899. The Morgan fingerprint density at radius 1 is 1.36 bits per heavy atom. The van der Waals surface area contributed by atoms with E-state index >= 15 is 0 Å². The summed E-state index contributed by atoms with van der Waals surface area (Å²) in [5, 5.41) is 9.41. The summed E-state index contributed by atoms with van der Waals surface area (Å²) in [7, 11) is 0. The number of ether oxygens (including phenoxy) is 1. The fourth-order valence-corrected chi connectivity index (χ4v) is 3.98. The summed E-state index contributed by atoms with van der Waals surface area (Å²) in [6.07, 6.45) is 7.90. The Kier molecular flexibility index (Phi) is 4.96. The molecule has 118 valence electrons. The van der Waals surface area contributed by atoms with Gasteiger partial charge in [-0.25, -0.2) is 9.97 Å². The standard InChI is InChI=1S/C16H19ClN2O2S/c1-10-16(21-12-5-3-2-4-6-12)18-8-13(19-10)15-11(9-20)7-14(17)22-15/h7-8,12,20H,2-6,9H2,1H3. The number of thiophene rings is 1. The van der Waals surface area contributed by atoms with Crippen LogP contribution < -0.4 is 4.74 Å². The fraction of sp³-hybridized carbons (Fsp3) is 0.500. The van der Waals surface area contributed by atoms with E-state index in [0.29, 0.717) is 10.2 Å². The van der Waals surface area contributed by atoms with Crippen LogP contribution in [0.1, 0.15) is 43.4 Å². The molecule has 0 aliphatic heterocycles. The van der Waals surface area contributed by atoms with Gasteiger partial charge in [-0.1, -0.05) is 18.0 Å². The Morgan fingerprint density at radius 2 is 2.14 bits per heavy atom. The van der Waals surface area contributed by atoms with Crippen LogP contribution in [0.2, 0.25) is 4.34 Å². The van der Waals surface area contributed by atoms with Gasteiger partial charge in [-0.3, -0.25) is 0 Å². The third kappa shape index (κ3) is 3.42. The number of hydrogen-bond acceptors (Lipinski definition) is 5. The summed E-state index contributed by atoms with van der Waals surface area (Å²) in [5.41, 5.74) is 2.29.